The molecule has 0 saturated heterocycles. The van der Waals surface area contributed by atoms with Crippen LogP contribution < -0.4 is 0 Å². The Hall–Kier alpha value is -0.760. The van der Waals surface area contributed by atoms with Crippen LogP contribution in [-0.2, 0) is 4.84 Å². The molecule has 0 amide bonds. The fraction of sp³-hybridized carbons (Fsp3) is 0.500. The Morgan fingerprint density at radius 1 is 1.70 bits per heavy atom. The van der Waals surface area contributed by atoms with E-state index >= 15 is 0 Å². The summed E-state index contributed by atoms with van der Waals surface area (Å²) >= 11 is 0. The molecule has 0 unspecified atom stereocenters. The first-order chi connectivity index (χ1) is 4.93. The molecule has 0 atom stereocenters. The molecule has 2 heteroatoms. The zero-order chi connectivity index (χ0) is 7.23. The molecule has 1 rings (SSSR count). The van der Waals surface area contributed by atoms with E-state index in [1.807, 2.05) is 11.3 Å². The SMILES string of the molecule is C=CCON1C=CCCC1. The third-order valence-corrected chi connectivity index (χ3v) is 1.38. The molecule has 56 valence electrons. The summed E-state index contributed by atoms with van der Waals surface area (Å²) in [6, 6.07) is 0. The average Bonchev–Trinajstić information content (AvgIpc) is 2.03. The number of hydrogen-bond donors (Lipinski definition) is 0. The number of hydrogen-bond acceptors (Lipinski definition) is 2. The molecule has 1 aliphatic heterocycles. The highest BCUT2D eigenvalue weighted by Gasteiger charge is 2.00. The lowest BCUT2D eigenvalue weighted by molar-refractivity contribution is -0.110. The Bertz CT molecular complexity index is 131. The van der Waals surface area contributed by atoms with Gasteiger partial charge >= 0.3 is 0 Å². The molecule has 0 saturated carbocycles. The van der Waals surface area contributed by atoms with E-state index in [0.717, 1.165) is 6.54 Å². The topological polar surface area (TPSA) is 12.5 Å². The second-order valence-electron chi connectivity index (χ2n) is 2.25. The van der Waals surface area contributed by atoms with Crippen molar-refractivity contribution < 1.29 is 4.84 Å². The van der Waals surface area contributed by atoms with Gasteiger partial charge < -0.3 is 0 Å². The summed E-state index contributed by atoms with van der Waals surface area (Å²) in [6.07, 6.45) is 8.21. The molecule has 10 heavy (non-hydrogen) atoms. The maximum Gasteiger partial charge on any atom is 0.0927 e. The predicted molar refractivity (Wildman–Crippen MR) is 41.2 cm³/mol. The average molecular weight is 139 g/mol. The van der Waals surface area contributed by atoms with Crippen molar-refractivity contribution in [1.29, 1.82) is 0 Å². The van der Waals surface area contributed by atoms with Crippen molar-refractivity contribution in [3.05, 3.63) is 24.9 Å². The van der Waals surface area contributed by atoms with Gasteiger partial charge in [0.25, 0.3) is 0 Å². The zero-order valence-electron chi connectivity index (χ0n) is 6.12. The fourth-order valence-corrected chi connectivity index (χ4v) is 0.888. The molecule has 0 fully saturated rings. The Balaban J connectivity index is 2.19. The van der Waals surface area contributed by atoms with Gasteiger partial charge in [-0.25, -0.2) is 0 Å². The first kappa shape index (κ1) is 7.35. The first-order valence-electron chi connectivity index (χ1n) is 3.60. The molecule has 2 nitrogen and oxygen atoms in total. The maximum atomic E-state index is 5.26. The van der Waals surface area contributed by atoms with Crippen molar-refractivity contribution in [2.45, 2.75) is 12.8 Å². The molecule has 0 N–H and O–H groups in total. The van der Waals surface area contributed by atoms with Gasteiger partial charge in [-0.2, -0.15) is 0 Å². The molecule has 0 aromatic rings. The molecule has 0 aromatic heterocycles. The van der Waals surface area contributed by atoms with E-state index in [4.69, 9.17) is 4.84 Å². The van der Waals surface area contributed by atoms with Gasteiger partial charge in [0.15, 0.2) is 0 Å². The molecule has 1 heterocycles. The predicted octanol–water partition coefficient (Wildman–Crippen LogP) is 1.71. The van der Waals surface area contributed by atoms with Crippen molar-refractivity contribution in [3.8, 4) is 0 Å². The van der Waals surface area contributed by atoms with Crippen LogP contribution in [0.3, 0.4) is 0 Å². The molecular formula is C8H13NO. The van der Waals surface area contributed by atoms with Crippen molar-refractivity contribution in [3.63, 3.8) is 0 Å². The summed E-state index contributed by atoms with van der Waals surface area (Å²) < 4.78 is 0. The number of nitrogens with zero attached hydrogens (tertiary/aromatic N) is 1. The lowest BCUT2D eigenvalue weighted by Gasteiger charge is -2.21. The van der Waals surface area contributed by atoms with Crippen LogP contribution in [0.4, 0.5) is 0 Å². The largest absolute Gasteiger partial charge is 0.270 e. The quantitative estimate of drug-likeness (QED) is 0.552. The lowest BCUT2D eigenvalue weighted by atomic mass is 10.2. The Kier molecular flexibility index (Phi) is 3.03. The molecule has 0 aliphatic carbocycles. The third kappa shape index (κ3) is 2.23. The second-order valence-corrected chi connectivity index (χ2v) is 2.25. The summed E-state index contributed by atoms with van der Waals surface area (Å²) in [4.78, 5) is 5.26. The van der Waals surface area contributed by atoms with Crippen molar-refractivity contribution in [2.24, 2.45) is 0 Å². The monoisotopic (exact) mass is 139 g/mol. The smallest absolute Gasteiger partial charge is 0.0927 e. The zero-order valence-corrected chi connectivity index (χ0v) is 6.12. The van der Waals surface area contributed by atoms with Gasteiger partial charge in [-0.05, 0) is 12.8 Å². The van der Waals surface area contributed by atoms with Crippen LogP contribution in [0.15, 0.2) is 24.9 Å². The Morgan fingerprint density at radius 3 is 3.20 bits per heavy atom. The number of hydroxylamine groups is 2. The number of rotatable bonds is 3. The minimum atomic E-state index is 0.602. The summed E-state index contributed by atoms with van der Waals surface area (Å²) in [5, 5.41) is 1.85. The van der Waals surface area contributed by atoms with Crippen LogP contribution >= 0.6 is 0 Å². The van der Waals surface area contributed by atoms with Gasteiger partial charge in [-0.15, -0.1) is 6.58 Å². The van der Waals surface area contributed by atoms with Crippen LogP contribution in [0.25, 0.3) is 0 Å². The summed E-state index contributed by atoms with van der Waals surface area (Å²) in [7, 11) is 0. The van der Waals surface area contributed by atoms with E-state index in [1.165, 1.54) is 12.8 Å². The lowest BCUT2D eigenvalue weighted by Crippen LogP contribution is -2.21. The molecule has 0 bridgehead atoms. The van der Waals surface area contributed by atoms with Crippen LogP contribution in [0.1, 0.15) is 12.8 Å². The minimum absolute atomic E-state index is 0.602. The van der Waals surface area contributed by atoms with Crippen molar-refractivity contribution >= 4 is 0 Å². The summed E-state index contributed by atoms with van der Waals surface area (Å²) in [5.41, 5.74) is 0. The van der Waals surface area contributed by atoms with E-state index in [0.29, 0.717) is 6.61 Å². The van der Waals surface area contributed by atoms with Crippen molar-refractivity contribution in [2.75, 3.05) is 13.2 Å². The van der Waals surface area contributed by atoms with E-state index in [-0.39, 0.29) is 0 Å². The Morgan fingerprint density at radius 2 is 2.60 bits per heavy atom. The van der Waals surface area contributed by atoms with Gasteiger partial charge in [0.1, 0.15) is 0 Å². The molecule has 0 spiro atoms. The molecule has 0 radical (unpaired) electrons. The normalized spacial score (nSPS) is 17.4. The highest BCUT2D eigenvalue weighted by molar-refractivity contribution is 4.84. The van der Waals surface area contributed by atoms with Gasteiger partial charge in [0, 0.05) is 12.7 Å². The first-order valence-corrected chi connectivity index (χ1v) is 3.60. The minimum Gasteiger partial charge on any atom is -0.270 e. The maximum absolute atomic E-state index is 5.26. The molecule has 1 aliphatic rings. The van der Waals surface area contributed by atoms with Crippen LogP contribution in [-0.4, -0.2) is 18.2 Å². The van der Waals surface area contributed by atoms with Gasteiger partial charge in [0.2, 0.25) is 0 Å². The van der Waals surface area contributed by atoms with Gasteiger partial charge in [0.05, 0.1) is 6.61 Å². The van der Waals surface area contributed by atoms with E-state index in [9.17, 15) is 0 Å². The van der Waals surface area contributed by atoms with Gasteiger partial charge in [-0.1, -0.05) is 12.2 Å². The van der Waals surface area contributed by atoms with Crippen LogP contribution in [0, 0.1) is 0 Å². The standard InChI is InChI=1S/C8H13NO/c1-2-8-10-9-6-4-3-5-7-9/h2,4,6H,1,3,5,7-8H2. The summed E-state index contributed by atoms with van der Waals surface area (Å²) in [5.74, 6) is 0. The fourth-order valence-electron chi connectivity index (χ4n) is 0.888. The van der Waals surface area contributed by atoms with E-state index in [2.05, 4.69) is 12.7 Å². The third-order valence-electron chi connectivity index (χ3n) is 1.38. The van der Waals surface area contributed by atoms with Crippen LogP contribution in [0.5, 0.6) is 0 Å². The van der Waals surface area contributed by atoms with Crippen molar-refractivity contribution in [1.82, 2.24) is 5.06 Å². The molecule has 0 aromatic carbocycles. The van der Waals surface area contributed by atoms with Gasteiger partial charge in [-0.3, -0.25) is 9.90 Å². The summed E-state index contributed by atoms with van der Waals surface area (Å²) in [6.45, 7) is 5.18. The highest BCUT2D eigenvalue weighted by atomic mass is 16.7. The van der Waals surface area contributed by atoms with Crippen LogP contribution in [0.2, 0.25) is 0 Å². The second kappa shape index (κ2) is 4.12. The Labute approximate surface area is 61.7 Å². The molecular weight excluding hydrogens is 126 g/mol. The van der Waals surface area contributed by atoms with E-state index < -0.39 is 0 Å². The highest BCUT2D eigenvalue weighted by Crippen LogP contribution is 2.05. The van der Waals surface area contributed by atoms with E-state index in [1.54, 1.807) is 6.08 Å². The number of allylic oxidation sites excluding steroid dienone is 1.